The zero-order valence-corrected chi connectivity index (χ0v) is 8.67. The summed E-state index contributed by atoms with van der Waals surface area (Å²) in [5.74, 6) is 0. The summed E-state index contributed by atoms with van der Waals surface area (Å²) >= 11 is 6.04. The summed E-state index contributed by atoms with van der Waals surface area (Å²) in [6.45, 7) is 2.05. The normalized spacial score (nSPS) is 10.7. The van der Waals surface area contributed by atoms with Crippen molar-refractivity contribution in [3.8, 4) is 0 Å². The molecule has 1 aromatic heterocycles. The molecule has 0 saturated carbocycles. The van der Waals surface area contributed by atoms with Gasteiger partial charge in [-0.15, -0.1) is 0 Å². The van der Waals surface area contributed by atoms with Crippen molar-refractivity contribution >= 4 is 28.2 Å². The van der Waals surface area contributed by atoms with E-state index in [1.165, 1.54) is 0 Å². The van der Waals surface area contributed by atoms with E-state index in [1.54, 1.807) is 0 Å². The highest BCUT2D eigenvalue weighted by molar-refractivity contribution is 6.35. The molecule has 14 heavy (non-hydrogen) atoms. The van der Waals surface area contributed by atoms with E-state index in [1.807, 2.05) is 31.2 Å². The highest BCUT2D eigenvalue weighted by atomic mass is 35.5. The molecule has 0 atom stereocenters. The summed E-state index contributed by atoms with van der Waals surface area (Å²) in [4.78, 5) is 4.44. The lowest BCUT2D eigenvalue weighted by Gasteiger charge is -2.05. The van der Waals surface area contributed by atoms with Gasteiger partial charge in [-0.1, -0.05) is 30.7 Å². The fraction of sp³-hybridized carbons (Fsp3) is 0.182. The number of aromatic nitrogens is 1. The highest BCUT2D eigenvalue weighted by Gasteiger charge is 2.04. The average molecular weight is 207 g/mol. The zero-order chi connectivity index (χ0) is 10.1. The van der Waals surface area contributed by atoms with Crippen molar-refractivity contribution in [1.29, 1.82) is 0 Å². The molecule has 0 aliphatic rings. The Hall–Kier alpha value is -1.28. The molecule has 0 unspecified atom stereocenters. The topological polar surface area (TPSA) is 38.9 Å². The standard InChI is InChI=1S/C11H11ClN2/c1-2-7-6-10(13)8-4-3-5-9(12)11(8)14-7/h3-6H,2H2,1H3,(H2,13,14). The fourth-order valence-electron chi connectivity index (χ4n) is 1.48. The maximum absolute atomic E-state index is 6.04. The van der Waals surface area contributed by atoms with Gasteiger partial charge in [-0.2, -0.15) is 0 Å². The number of hydrogen-bond acceptors (Lipinski definition) is 2. The number of pyridine rings is 1. The van der Waals surface area contributed by atoms with Crippen LogP contribution in [0.15, 0.2) is 24.3 Å². The lowest BCUT2D eigenvalue weighted by atomic mass is 10.1. The van der Waals surface area contributed by atoms with E-state index in [-0.39, 0.29) is 0 Å². The van der Waals surface area contributed by atoms with Crippen LogP contribution in [0, 0.1) is 0 Å². The predicted octanol–water partition coefficient (Wildman–Crippen LogP) is 3.03. The minimum Gasteiger partial charge on any atom is -0.398 e. The molecule has 0 radical (unpaired) electrons. The monoisotopic (exact) mass is 206 g/mol. The minimum absolute atomic E-state index is 0.657. The summed E-state index contributed by atoms with van der Waals surface area (Å²) < 4.78 is 0. The molecule has 2 rings (SSSR count). The largest absolute Gasteiger partial charge is 0.398 e. The summed E-state index contributed by atoms with van der Waals surface area (Å²) in [5.41, 5.74) is 8.42. The van der Waals surface area contributed by atoms with Gasteiger partial charge in [0.05, 0.1) is 10.5 Å². The molecule has 0 amide bonds. The third kappa shape index (κ3) is 1.42. The van der Waals surface area contributed by atoms with E-state index >= 15 is 0 Å². The zero-order valence-electron chi connectivity index (χ0n) is 7.92. The summed E-state index contributed by atoms with van der Waals surface area (Å²) in [6, 6.07) is 7.55. The molecule has 0 aliphatic heterocycles. The smallest absolute Gasteiger partial charge is 0.0912 e. The second kappa shape index (κ2) is 3.46. The van der Waals surface area contributed by atoms with Gasteiger partial charge in [-0.3, -0.25) is 4.98 Å². The summed E-state index contributed by atoms with van der Waals surface area (Å²) in [6.07, 6.45) is 0.866. The summed E-state index contributed by atoms with van der Waals surface area (Å²) in [7, 11) is 0. The molecular formula is C11H11ClN2. The molecule has 0 bridgehead atoms. The van der Waals surface area contributed by atoms with Crippen LogP contribution in [-0.2, 0) is 6.42 Å². The van der Waals surface area contributed by atoms with Crippen molar-refractivity contribution in [2.45, 2.75) is 13.3 Å². The van der Waals surface area contributed by atoms with E-state index < -0.39 is 0 Å². The Morgan fingerprint density at radius 3 is 2.93 bits per heavy atom. The van der Waals surface area contributed by atoms with Crippen molar-refractivity contribution in [3.05, 3.63) is 35.0 Å². The molecular weight excluding hydrogens is 196 g/mol. The number of aryl methyl sites for hydroxylation is 1. The molecule has 0 fully saturated rings. The predicted molar refractivity (Wildman–Crippen MR) is 60.5 cm³/mol. The van der Waals surface area contributed by atoms with Gasteiger partial charge >= 0.3 is 0 Å². The van der Waals surface area contributed by atoms with Crippen LogP contribution >= 0.6 is 11.6 Å². The number of halogens is 1. The van der Waals surface area contributed by atoms with Crippen LogP contribution in [0.1, 0.15) is 12.6 Å². The second-order valence-corrected chi connectivity index (χ2v) is 3.60. The van der Waals surface area contributed by atoms with Gasteiger partial charge in [-0.05, 0) is 18.6 Å². The quantitative estimate of drug-likeness (QED) is 0.779. The van der Waals surface area contributed by atoms with Gasteiger partial charge in [0.15, 0.2) is 0 Å². The Morgan fingerprint density at radius 1 is 1.43 bits per heavy atom. The molecule has 2 N–H and O–H groups in total. The maximum atomic E-state index is 6.04. The SMILES string of the molecule is CCc1cc(N)c2cccc(Cl)c2n1. The highest BCUT2D eigenvalue weighted by Crippen LogP contribution is 2.26. The van der Waals surface area contributed by atoms with Crippen LogP contribution in [0.3, 0.4) is 0 Å². The number of nitrogen functional groups attached to an aromatic ring is 1. The fourth-order valence-corrected chi connectivity index (χ4v) is 1.69. The van der Waals surface area contributed by atoms with E-state index in [0.29, 0.717) is 5.02 Å². The second-order valence-electron chi connectivity index (χ2n) is 3.19. The third-order valence-electron chi connectivity index (χ3n) is 2.24. The number of hydrogen-bond donors (Lipinski definition) is 1. The van der Waals surface area contributed by atoms with Gasteiger partial charge < -0.3 is 5.73 Å². The van der Waals surface area contributed by atoms with Gasteiger partial charge in [0, 0.05) is 16.8 Å². The molecule has 1 aromatic carbocycles. The number of nitrogens with zero attached hydrogens (tertiary/aromatic N) is 1. The maximum Gasteiger partial charge on any atom is 0.0912 e. The molecule has 1 heterocycles. The van der Waals surface area contributed by atoms with E-state index in [2.05, 4.69) is 4.98 Å². The first kappa shape index (κ1) is 9.28. The number of anilines is 1. The molecule has 0 saturated heterocycles. The van der Waals surface area contributed by atoms with Gasteiger partial charge in [0.2, 0.25) is 0 Å². The number of para-hydroxylation sites is 1. The number of nitrogens with two attached hydrogens (primary N) is 1. The van der Waals surface area contributed by atoms with Crippen LogP contribution in [0.5, 0.6) is 0 Å². The van der Waals surface area contributed by atoms with Crippen molar-refractivity contribution in [1.82, 2.24) is 4.98 Å². The van der Waals surface area contributed by atoms with Crippen LogP contribution in [0.25, 0.3) is 10.9 Å². The summed E-state index contributed by atoms with van der Waals surface area (Å²) in [5, 5.41) is 1.58. The molecule has 2 aromatic rings. The first-order chi connectivity index (χ1) is 6.72. The number of fused-ring (bicyclic) bond motifs is 1. The number of benzene rings is 1. The van der Waals surface area contributed by atoms with Crippen LogP contribution in [0.2, 0.25) is 5.02 Å². The lowest BCUT2D eigenvalue weighted by Crippen LogP contribution is -1.94. The Bertz CT molecular complexity index is 480. The van der Waals surface area contributed by atoms with Crippen LogP contribution < -0.4 is 5.73 Å². The molecule has 0 spiro atoms. The Kier molecular flexibility index (Phi) is 2.30. The Balaban J connectivity index is 2.83. The van der Waals surface area contributed by atoms with E-state index in [4.69, 9.17) is 17.3 Å². The van der Waals surface area contributed by atoms with E-state index in [9.17, 15) is 0 Å². The molecule has 72 valence electrons. The van der Waals surface area contributed by atoms with Crippen molar-refractivity contribution < 1.29 is 0 Å². The lowest BCUT2D eigenvalue weighted by molar-refractivity contribution is 1.06. The van der Waals surface area contributed by atoms with Gasteiger partial charge in [0.25, 0.3) is 0 Å². The van der Waals surface area contributed by atoms with E-state index in [0.717, 1.165) is 28.7 Å². The van der Waals surface area contributed by atoms with Gasteiger partial charge in [0.1, 0.15) is 0 Å². The van der Waals surface area contributed by atoms with Crippen molar-refractivity contribution in [2.24, 2.45) is 0 Å². The van der Waals surface area contributed by atoms with Crippen LogP contribution in [-0.4, -0.2) is 4.98 Å². The first-order valence-electron chi connectivity index (χ1n) is 4.56. The molecule has 0 aliphatic carbocycles. The van der Waals surface area contributed by atoms with Crippen molar-refractivity contribution in [2.75, 3.05) is 5.73 Å². The minimum atomic E-state index is 0.657. The molecule has 3 heteroatoms. The van der Waals surface area contributed by atoms with Gasteiger partial charge in [-0.25, -0.2) is 0 Å². The van der Waals surface area contributed by atoms with Crippen LogP contribution in [0.4, 0.5) is 5.69 Å². The average Bonchev–Trinajstić information content (AvgIpc) is 2.19. The number of rotatable bonds is 1. The molecule has 2 nitrogen and oxygen atoms in total. The Morgan fingerprint density at radius 2 is 2.21 bits per heavy atom. The third-order valence-corrected chi connectivity index (χ3v) is 2.54. The Labute approximate surface area is 87.7 Å². The first-order valence-corrected chi connectivity index (χ1v) is 4.93. The van der Waals surface area contributed by atoms with Crippen molar-refractivity contribution in [3.63, 3.8) is 0 Å².